The molecule has 4 aromatic rings. The van der Waals surface area contributed by atoms with E-state index in [1.807, 2.05) is 0 Å². The van der Waals surface area contributed by atoms with Crippen LogP contribution in [0.5, 0.6) is 0 Å². The number of hydrogen-bond donors (Lipinski definition) is 2. The Morgan fingerprint density at radius 2 is 1.82 bits per heavy atom. The van der Waals surface area contributed by atoms with Gasteiger partial charge < -0.3 is 24.6 Å². The third-order valence-corrected chi connectivity index (χ3v) is 8.50. The Kier molecular flexibility index (Phi) is 8.12. The number of carboxylic acid groups (broad SMARTS) is 1. The maximum Gasteiger partial charge on any atom is 0.414 e. The first-order chi connectivity index (χ1) is 22.9. The Bertz CT molecular complexity index is 2110. The summed E-state index contributed by atoms with van der Waals surface area (Å²) in [7, 11) is 2.84. The van der Waals surface area contributed by atoms with E-state index in [0.717, 1.165) is 17.2 Å². The van der Waals surface area contributed by atoms with Crippen molar-refractivity contribution in [2.75, 3.05) is 36.5 Å². The lowest BCUT2D eigenvalue weighted by molar-refractivity contribution is -0.155. The molecular formula is C33H31F5N6O5. The summed E-state index contributed by atoms with van der Waals surface area (Å²) in [5, 5.41) is 12.0. The number of aromatic carboxylic acids is 1. The summed E-state index contributed by atoms with van der Waals surface area (Å²) in [4.78, 5) is 49.3. The van der Waals surface area contributed by atoms with Crippen LogP contribution in [0.3, 0.4) is 0 Å². The maximum absolute atomic E-state index is 16.0. The van der Waals surface area contributed by atoms with Crippen molar-refractivity contribution in [3.63, 3.8) is 0 Å². The smallest absolute Gasteiger partial charge is 0.414 e. The zero-order valence-corrected chi connectivity index (χ0v) is 27.0. The second kappa shape index (κ2) is 11.8. The van der Waals surface area contributed by atoms with Crippen LogP contribution in [0.15, 0.2) is 35.5 Å². The summed E-state index contributed by atoms with van der Waals surface area (Å²) in [6.07, 6.45) is -1.75. The molecule has 2 aliphatic rings. The van der Waals surface area contributed by atoms with Crippen molar-refractivity contribution >= 4 is 34.5 Å². The van der Waals surface area contributed by atoms with Crippen LogP contribution in [0.25, 0.3) is 33.3 Å². The normalized spacial score (nSPS) is 16.0. The predicted molar refractivity (Wildman–Crippen MR) is 170 cm³/mol. The minimum atomic E-state index is -4.64. The molecule has 3 aromatic heterocycles. The van der Waals surface area contributed by atoms with Gasteiger partial charge in [0.25, 0.3) is 0 Å². The lowest BCUT2D eigenvalue weighted by Crippen LogP contribution is -2.57. The van der Waals surface area contributed by atoms with Crippen LogP contribution >= 0.6 is 0 Å². The van der Waals surface area contributed by atoms with Crippen LogP contribution in [0.4, 0.5) is 38.1 Å². The first kappa shape index (κ1) is 33.8. The van der Waals surface area contributed by atoms with Gasteiger partial charge in [-0.15, -0.1) is 0 Å². The van der Waals surface area contributed by atoms with E-state index in [-0.39, 0.29) is 75.4 Å². The zero-order valence-electron chi connectivity index (χ0n) is 27.0. The third-order valence-electron chi connectivity index (χ3n) is 8.50. The molecule has 0 bridgehead atoms. The molecule has 2 N–H and O–H groups in total. The van der Waals surface area contributed by atoms with Gasteiger partial charge in [0.2, 0.25) is 5.43 Å². The number of anilines is 2. The molecule has 1 aliphatic carbocycles. The quantitative estimate of drug-likeness (QED) is 0.244. The summed E-state index contributed by atoms with van der Waals surface area (Å²) in [5.74, 6) is -4.05. The van der Waals surface area contributed by atoms with Gasteiger partial charge >= 0.3 is 18.2 Å². The molecular weight excluding hydrogens is 655 g/mol. The third kappa shape index (κ3) is 5.94. The molecule has 0 radical (unpaired) electrons. The average molecular weight is 687 g/mol. The Hall–Kier alpha value is -5.12. The minimum absolute atomic E-state index is 0.0146. The second-order valence-electron chi connectivity index (χ2n) is 13.0. The molecule has 6 rings (SSSR count). The Morgan fingerprint density at radius 1 is 1.10 bits per heavy atom. The molecule has 1 saturated heterocycles. The number of piperazine rings is 1. The number of pyridine rings is 3. The first-order valence-corrected chi connectivity index (χ1v) is 15.1. The van der Waals surface area contributed by atoms with Gasteiger partial charge in [0.05, 0.1) is 22.5 Å². The molecule has 0 saturated carbocycles. The summed E-state index contributed by atoms with van der Waals surface area (Å²) in [5.41, 5.74) is -1.58. The van der Waals surface area contributed by atoms with Gasteiger partial charge in [0.1, 0.15) is 22.9 Å². The molecule has 1 amide bonds. The lowest BCUT2D eigenvalue weighted by atomic mass is 9.96. The SMILES string of the molecule is CN(C(=O)OC(C)(C)C)c1cc(F)c(F)c2c1Cc1ncc(-c3cnc4c(c3)c(=O)c(C(=O)O)cn4C)c(N3CCN[C@H](C(F)(F)F)C3)c1-2. The van der Waals surface area contributed by atoms with Crippen LogP contribution in [0, 0.1) is 11.6 Å². The van der Waals surface area contributed by atoms with Crippen molar-refractivity contribution in [2.24, 2.45) is 7.05 Å². The van der Waals surface area contributed by atoms with Gasteiger partial charge in [-0.25, -0.2) is 23.4 Å². The Labute approximate surface area is 275 Å². The number of aryl methyl sites for hydroxylation is 1. The number of aromatic nitrogens is 3. The maximum atomic E-state index is 16.0. The van der Waals surface area contributed by atoms with Gasteiger partial charge in [-0.3, -0.25) is 14.7 Å². The highest BCUT2D eigenvalue weighted by Crippen LogP contribution is 2.51. The van der Waals surface area contributed by atoms with Crippen molar-refractivity contribution in [2.45, 2.75) is 45.0 Å². The highest BCUT2D eigenvalue weighted by Gasteiger charge is 2.44. The number of fused-ring (bicyclic) bond motifs is 4. The number of nitrogens with one attached hydrogen (secondary N) is 1. The number of carbonyl (C=O) groups excluding carboxylic acids is 1. The molecule has 1 aliphatic heterocycles. The molecule has 1 aromatic carbocycles. The summed E-state index contributed by atoms with van der Waals surface area (Å²) in [6, 6.07) is 0.246. The first-order valence-electron chi connectivity index (χ1n) is 15.1. The van der Waals surface area contributed by atoms with E-state index in [4.69, 9.17) is 4.74 Å². The largest absolute Gasteiger partial charge is 0.477 e. The van der Waals surface area contributed by atoms with Crippen LogP contribution in [0.2, 0.25) is 0 Å². The number of ether oxygens (including phenoxy) is 1. The molecule has 1 fully saturated rings. The van der Waals surface area contributed by atoms with Gasteiger partial charge in [0.15, 0.2) is 11.6 Å². The van der Waals surface area contributed by atoms with Crippen molar-refractivity contribution in [3.8, 4) is 22.3 Å². The molecule has 0 unspecified atom stereocenters. The Morgan fingerprint density at radius 3 is 2.47 bits per heavy atom. The molecule has 49 heavy (non-hydrogen) atoms. The van der Waals surface area contributed by atoms with Crippen molar-refractivity contribution in [1.29, 1.82) is 0 Å². The molecule has 11 nitrogen and oxygen atoms in total. The van der Waals surface area contributed by atoms with E-state index in [1.54, 1.807) is 20.8 Å². The van der Waals surface area contributed by atoms with Crippen LogP contribution in [-0.4, -0.2) is 76.2 Å². The fourth-order valence-corrected chi connectivity index (χ4v) is 6.30. The van der Waals surface area contributed by atoms with Crippen molar-refractivity contribution < 1.29 is 41.4 Å². The van der Waals surface area contributed by atoms with Gasteiger partial charge in [0, 0.05) is 87.1 Å². The topological polar surface area (TPSA) is 130 Å². The van der Waals surface area contributed by atoms with E-state index in [0.29, 0.717) is 0 Å². The van der Waals surface area contributed by atoms with Crippen molar-refractivity contribution in [3.05, 3.63) is 69.4 Å². The second-order valence-corrected chi connectivity index (χ2v) is 13.0. The summed E-state index contributed by atoms with van der Waals surface area (Å²) < 4.78 is 80.3. The van der Waals surface area contributed by atoms with E-state index < -0.39 is 59.1 Å². The minimum Gasteiger partial charge on any atom is -0.477 e. The summed E-state index contributed by atoms with van der Waals surface area (Å²) >= 11 is 0. The van der Waals surface area contributed by atoms with E-state index in [2.05, 4.69) is 15.3 Å². The molecule has 0 spiro atoms. The fourth-order valence-electron chi connectivity index (χ4n) is 6.30. The number of benzene rings is 1. The van der Waals surface area contributed by atoms with E-state index in [1.165, 1.54) is 42.0 Å². The number of halogens is 5. The van der Waals surface area contributed by atoms with Gasteiger partial charge in [-0.05, 0) is 32.4 Å². The van der Waals surface area contributed by atoms with Crippen LogP contribution < -0.4 is 20.5 Å². The fraction of sp³-hybridized carbons (Fsp3) is 0.364. The number of alkyl halides is 3. The molecule has 1 atom stereocenters. The van der Waals surface area contributed by atoms with Gasteiger partial charge in [-0.2, -0.15) is 13.2 Å². The number of amides is 1. The van der Waals surface area contributed by atoms with Crippen molar-refractivity contribution in [1.82, 2.24) is 19.9 Å². The highest BCUT2D eigenvalue weighted by atomic mass is 19.4. The predicted octanol–water partition coefficient (Wildman–Crippen LogP) is 5.25. The lowest BCUT2D eigenvalue weighted by Gasteiger charge is -2.38. The molecule has 4 heterocycles. The van der Waals surface area contributed by atoms with E-state index >= 15 is 8.78 Å². The number of rotatable bonds is 4. The molecule has 16 heteroatoms. The number of carbonyl (C=O) groups is 2. The Balaban J connectivity index is 1.62. The monoisotopic (exact) mass is 686 g/mol. The standard InChI is InChI=1S/C33H31F5N6O5/c1-32(2,3)49-31(48)43(5)22-10-20(34)26(35)24-16(22)9-21-25(24)27(44-7-6-39-23(14-44)33(36,37)38)18(12-40-21)15-8-17-28(45)19(30(46)47)13-42(4)29(17)41-11-15/h8,10-13,23,39H,6-7,9,14H2,1-5H3,(H,46,47)/t23-/m0/s1. The summed E-state index contributed by atoms with van der Waals surface area (Å²) in [6.45, 7) is 4.25. The zero-order chi connectivity index (χ0) is 35.7. The number of carboxylic acids is 1. The average Bonchev–Trinajstić information content (AvgIpc) is 3.42. The van der Waals surface area contributed by atoms with Crippen LogP contribution in [0.1, 0.15) is 42.4 Å². The van der Waals surface area contributed by atoms with Gasteiger partial charge in [-0.1, -0.05) is 0 Å². The number of hydrogen-bond acceptors (Lipinski definition) is 8. The molecule has 258 valence electrons. The highest BCUT2D eigenvalue weighted by molar-refractivity contribution is 6.00. The van der Waals surface area contributed by atoms with Crippen LogP contribution in [-0.2, 0) is 18.2 Å². The number of nitrogens with zero attached hydrogens (tertiary/aromatic N) is 5. The van der Waals surface area contributed by atoms with E-state index in [9.17, 15) is 32.7 Å².